The van der Waals surface area contributed by atoms with E-state index in [1.165, 1.54) is 17.3 Å². The second-order valence-corrected chi connectivity index (χ2v) is 6.89. The van der Waals surface area contributed by atoms with Crippen LogP contribution in [0.5, 0.6) is 0 Å². The molecular formula is C22H24N4O. The van der Waals surface area contributed by atoms with Crippen LogP contribution in [0.15, 0.2) is 54.9 Å². The molecule has 0 aliphatic heterocycles. The van der Waals surface area contributed by atoms with Gasteiger partial charge >= 0.3 is 0 Å². The lowest BCUT2D eigenvalue weighted by atomic mass is 10.0. The standard InChI is InChI=1S/C22H24N4O/c1-14(2)17-8-10-18(11-9-17)25-22(27)20-12-24-21(13-23-20)26-19-7-5-6-15(3)16(19)4/h5-14H,1-4H3,(H,24,26)(H,25,27). The second kappa shape index (κ2) is 7.99. The van der Waals surface area contributed by atoms with Gasteiger partial charge in [0.15, 0.2) is 0 Å². The van der Waals surface area contributed by atoms with Gasteiger partial charge in [-0.3, -0.25) is 4.79 Å². The zero-order valence-electron chi connectivity index (χ0n) is 16.1. The van der Waals surface area contributed by atoms with Crippen LogP contribution in [0, 0.1) is 13.8 Å². The van der Waals surface area contributed by atoms with Crippen LogP contribution in [0.2, 0.25) is 0 Å². The van der Waals surface area contributed by atoms with Crippen molar-refractivity contribution in [1.29, 1.82) is 0 Å². The summed E-state index contributed by atoms with van der Waals surface area (Å²) in [7, 11) is 0. The summed E-state index contributed by atoms with van der Waals surface area (Å²) < 4.78 is 0. The van der Waals surface area contributed by atoms with Gasteiger partial charge in [-0.15, -0.1) is 0 Å². The van der Waals surface area contributed by atoms with E-state index in [0.717, 1.165) is 16.9 Å². The van der Waals surface area contributed by atoms with Gasteiger partial charge in [-0.25, -0.2) is 9.97 Å². The molecule has 0 aliphatic carbocycles. The summed E-state index contributed by atoms with van der Waals surface area (Å²) in [6.45, 7) is 8.39. The van der Waals surface area contributed by atoms with E-state index in [1.54, 1.807) is 6.20 Å². The Kier molecular flexibility index (Phi) is 5.50. The molecule has 0 unspecified atom stereocenters. The van der Waals surface area contributed by atoms with Crippen molar-refractivity contribution in [2.24, 2.45) is 0 Å². The third kappa shape index (κ3) is 4.50. The minimum atomic E-state index is -0.280. The number of aromatic nitrogens is 2. The lowest BCUT2D eigenvalue weighted by Gasteiger charge is -2.11. The summed E-state index contributed by atoms with van der Waals surface area (Å²) in [5.41, 5.74) is 5.58. The second-order valence-electron chi connectivity index (χ2n) is 6.89. The Morgan fingerprint density at radius 3 is 2.33 bits per heavy atom. The zero-order chi connectivity index (χ0) is 19.4. The van der Waals surface area contributed by atoms with Crippen LogP contribution in [0.3, 0.4) is 0 Å². The van der Waals surface area contributed by atoms with Gasteiger partial charge in [0.25, 0.3) is 5.91 Å². The summed E-state index contributed by atoms with van der Waals surface area (Å²) in [6.07, 6.45) is 3.05. The molecule has 1 amide bonds. The highest BCUT2D eigenvalue weighted by atomic mass is 16.1. The molecule has 0 radical (unpaired) electrons. The summed E-state index contributed by atoms with van der Waals surface area (Å²) in [5.74, 6) is 0.775. The molecule has 1 heterocycles. The van der Waals surface area contributed by atoms with Crippen molar-refractivity contribution in [3.05, 3.63) is 77.2 Å². The van der Waals surface area contributed by atoms with Crippen LogP contribution < -0.4 is 10.6 Å². The molecule has 2 N–H and O–H groups in total. The van der Waals surface area contributed by atoms with Crippen molar-refractivity contribution in [3.8, 4) is 0 Å². The molecule has 1 aromatic heterocycles. The van der Waals surface area contributed by atoms with Gasteiger partial charge in [0.05, 0.1) is 12.4 Å². The van der Waals surface area contributed by atoms with Crippen molar-refractivity contribution >= 4 is 23.1 Å². The first kappa shape index (κ1) is 18.6. The third-order valence-corrected chi connectivity index (χ3v) is 4.59. The van der Waals surface area contributed by atoms with Crippen molar-refractivity contribution < 1.29 is 4.79 Å². The molecule has 0 saturated carbocycles. The van der Waals surface area contributed by atoms with E-state index in [-0.39, 0.29) is 11.6 Å². The van der Waals surface area contributed by atoms with E-state index in [4.69, 9.17) is 0 Å². The molecular weight excluding hydrogens is 336 g/mol. The molecule has 5 heteroatoms. The summed E-state index contributed by atoms with van der Waals surface area (Å²) in [5, 5.41) is 6.09. The Morgan fingerprint density at radius 2 is 1.70 bits per heavy atom. The number of aryl methyl sites for hydroxylation is 1. The van der Waals surface area contributed by atoms with E-state index >= 15 is 0 Å². The fourth-order valence-corrected chi connectivity index (χ4v) is 2.68. The van der Waals surface area contributed by atoms with Gasteiger partial charge < -0.3 is 10.6 Å². The Bertz CT molecular complexity index is 932. The molecule has 3 aromatic rings. The van der Waals surface area contributed by atoms with Crippen LogP contribution >= 0.6 is 0 Å². The SMILES string of the molecule is Cc1cccc(Nc2cnc(C(=O)Nc3ccc(C(C)C)cc3)cn2)c1C. The first-order valence-corrected chi connectivity index (χ1v) is 9.00. The van der Waals surface area contributed by atoms with Crippen molar-refractivity contribution in [1.82, 2.24) is 9.97 Å². The van der Waals surface area contributed by atoms with Gasteiger partial charge in [-0.05, 0) is 54.7 Å². The number of nitrogens with zero attached hydrogens (tertiary/aromatic N) is 2. The number of rotatable bonds is 5. The zero-order valence-corrected chi connectivity index (χ0v) is 16.1. The molecule has 0 spiro atoms. The van der Waals surface area contributed by atoms with E-state index in [1.807, 2.05) is 36.4 Å². The molecule has 0 saturated heterocycles. The smallest absolute Gasteiger partial charge is 0.275 e. The quantitative estimate of drug-likeness (QED) is 0.655. The van der Waals surface area contributed by atoms with Gasteiger partial charge in [0, 0.05) is 11.4 Å². The fraction of sp³-hybridized carbons (Fsp3) is 0.227. The summed E-state index contributed by atoms with van der Waals surface area (Å²) >= 11 is 0. The lowest BCUT2D eigenvalue weighted by Crippen LogP contribution is -2.14. The molecule has 138 valence electrons. The Balaban J connectivity index is 1.67. The van der Waals surface area contributed by atoms with Crippen LogP contribution in [-0.4, -0.2) is 15.9 Å². The molecule has 0 aliphatic rings. The predicted octanol–water partition coefficient (Wildman–Crippen LogP) is 5.21. The number of benzene rings is 2. The highest BCUT2D eigenvalue weighted by molar-refractivity contribution is 6.02. The number of hydrogen-bond donors (Lipinski definition) is 2. The highest BCUT2D eigenvalue weighted by Gasteiger charge is 2.10. The molecule has 5 nitrogen and oxygen atoms in total. The average Bonchev–Trinajstić information content (AvgIpc) is 2.66. The monoisotopic (exact) mass is 360 g/mol. The van der Waals surface area contributed by atoms with Gasteiger partial charge in [0.2, 0.25) is 0 Å². The first-order chi connectivity index (χ1) is 12.9. The van der Waals surface area contributed by atoms with E-state index in [2.05, 4.69) is 54.4 Å². The maximum atomic E-state index is 12.4. The Hall–Kier alpha value is -3.21. The summed E-state index contributed by atoms with van der Waals surface area (Å²) in [4.78, 5) is 20.9. The van der Waals surface area contributed by atoms with Crippen molar-refractivity contribution in [3.63, 3.8) is 0 Å². The maximum absolute atomic E-state index is 12.4. The normalized spacial score (nSPS) is 10.7. The Labute approximate surface area is 159 Å². The highest BCUT2D eigenvalue weighted by Crippen LogP contribution is 2.21. The minimum Gasteiger partial charge on any atom is -0.339 e. The average molecular weight is 360 g/mol. The van der Waals surface area contributed by atoms with Crippen LogP contribution in [-0.2, 0) is 0 Å². The van der Waals surface area contributed by atoms with E-state index < -0.39 is 0 Å². The number of carbonyl (C=O) groups excluding carboxylic acids is 1. The summed E-state index contributed by atoms with van der Waals surface area (Å²) in [6, 6.07) is 13.9. The number of nitrogens with one attached hydrogen (secondary N) is 2. The third-order valence-electron chi connectivity index (χ3n) is 4.59. The number of carbonyl (C=O) groups is 1. The number of hydrogen-bond acceptors (Lipinski definition) is 4. The molecule has 27 heavy (non-hydrogen) atoms. The lowest BCUT2D eigenvalue weighted by molar-refractivity contribution is 0.102. The van der Waals surface area contributed by atoms with Crippen LogP contribution in [0.1, 0.15) is 46.9 Å². The van der Waals surface area contributed by atoms with Gasteiger partial charge in [-0.1, -0.05) is 38.1 Å². The van der Waals surface area contributed by atoms with Crippen LogP contribution in [0.4, 0.5) is 17.2 Å². The van der Waals surface area contributed by atoms with E-state index in [9.17, 15) is 4.79 Å². The minimum absolute atomic E-state index is 0.273. The Morgan fingerprint density at radius 1 is 0.963 bits per heavy atom. The largest absolute Gasteiger partial charge is 0.339 e. The van der Waals surface area contributed by atoms with Gasteiger partial charge in [0.1, 0.15) is 11.5 Å². The fourth-order valence-electron chi connectivity index (χ4n) is 2.68. The van der Waals surface area contributed by atoms with Crippen molar-refractivity contribution in [2.45, 2.75) is 33.6 Å². The number of amides is 1. The van der Waals surface area contributed by atoms with Gasteiger partial charge in [-0.2, -0.15) is 0 Å². The predicted molar refractivity (Wildman–Crippen MR) is 110 cm³/mol. The maximum Gasteiger partial charge on any atom is 0.275 e. The molecule has 0 atom stereocenters. The van der Waals surface area contributed by atoms with E-state index in [0.29, 0.717) is 11.7 Å². The molecule has 3 rings (SSSR count). The molecule has 2 aromatic carbocycles. The topological polar surface area (TPSA) is 66.9 Å². The van der Waals surface area contributed by atoms with Crippen LogP contribution in [0.25, 0.3) is 0 Å². The first-order valence-electron chi connectivity index (χ1n) is 9.00. The molecule has 0 fully saturated rings. The molecule has 0 bridgehead atoms. The number of anilines is 3. The van der Waals surface area contributed by atoms with Crippen molar-refractivity contribution in [2.75, 3.05) is 10.6 Å².